The van der Waals surface area contributed by atoms with Gasteiger partial charge in [0.1, 0.15) is 11.4 Å². The SMILES string of the molecule is COc1cccc(NC2=C(c3ccccc3)C(=O)N(c3cccc(Cl)c3Cl)C2=O)c1. The molecule has 30 heavy (non-hydrogen) atoms. The first kappa shape index (κ1) is 20.0. The van der Waals surface area contributed by atoms with E-state index in [0.29, 0.717) is 17.0 Å². The van der Waals surface area contributed by atoms with Crippen molar-refractivity contribution in [3.8, 4) is 5.75 Å². The normalized spacial score (nSPS) is 13.8. The number of amides is 2. The molecular weight excluding hydrogens is 423 g/mol. The zero-order chi connectivity index (χ0) is 21.3. The molecular formula is C23H16Cl2N2O3. The molecule has 1 N–H and O–H groups in total. The number of anilines is 2. The Balaban J connectivity index is 1.84. The van der Waals surface area contributed by atoms with Gasteiger partial charge in [-0.15, -0.1) is 0 Å². The summed E-state index contributed by atoms with van der Waals surface area (Å²) in [5.41, 5.74) is 1.85. The number of ether oxygens (including phenoxy) is 1. The predicted molar refractivity (Wildman–Crippen MR) is 119 cm³/mol. The van der Waals surface area contributed by atoms with Gasteiger partial charge in [0, 0.05) is 11.8 Å². The van der Waals surface area contributed by atoms with Gasteiger partial charge in [-0.2, -0.15) is 0 Å². The molecule has 0 atom stereocenters. The van der Waals surface area contributed by atoms with Crippen molar-refractivity contribution in [1.29, 1.82) is 0 Å². The largest absolute Gasteiger partial charge is 0.497 e. The second-order valence-corrected chi connectivity index (χ2v) is 7.28. The zero-order valence-corrected chi connectivity index (χ0v) is 17.4. The third kappa shape index (κ3) is 3.54. The summed E-state index contributed by atoms with van der Waals surface area (Å²) >= 11 is 12.4. The highest BCUT2D eigenvalue weighted by Gasteiger charge is 2.41. The van der Waals surface area contributed by atoms with Gasteiger partial charge in [-0.05, 0) is 29.8 Å². The van der Waals surface area contributed by atoms with Crippen LogP contribution in [0, 0.1) is 0 Å². The number of carbonyl (C=O) groups excluding carboxylic acids is 2. The molecule has 1 heterocycles. The highest BCUT2D eigenvalue weighted by atomic mass is 35.5. The summed E-state index contributed by atoms with van der Waals surface area (Å²) in [5.74, 6) is -0.389. The van der Waals surface area contributed by atoms with E-state index in [1.165, 1.54) is 0 Å². The van der Waals surface area contributed by atoms with Crippen LogP contribution in [-0.2, 0) is 9.59 Å². The van der Waals surface area contributed by atoms with Crippen molar-refractivity contribution in [1.82, 2.24) is 0 Å². The maximum Gasteiger partial charge on any atom is 0.282 e. The van der Waals surface area contributed by atoms with Gasteiger partial charge in [0.2, 0.25) is 0 Å². The summed E-state index contributed by atoms with van der Waals surface area (Å²) in [5, 5.41) is 3.48. The predicted octanol–water partition coefficient (Wildman–Crippen LogP) is 5.40. The van der Waals surface area contributed by atoms with E-state index in [2.05, 4.69) is 5.32 Å². The van der Waals surface area contributed by atoms with Crippen LogP contribution in [0.15, 0.2) is 78.5 Å². The van der Waals surface area contributed by atoms with Crippen molar-refractivity contribution in [2.45, 2.75) is 0 Å². The van der Waals surface area contributed by atoms with Gasteiger partial charge in [0.15, 0.2) is 0 Å². The van der Waals surface area contributed by atoms with Crippen molar-refractivity contribution in [3.63, 3.8) is 0 Å². The lowest BCUT2D eigenvalue weighted by atomic mass is 10.0. The van der Waals surface area contributed by atoms with E-state index >= 15 is 0 Å². The molecule has 0 bridgehead atoms. The number of nitrogens with one attached hydrogen (secondary N) is 1. The fourth-order valence-corrected chi connectivity index (χ4v) is 3.63. The number of nitrogens with zero attached hydrogens (tertiary/aromatic N) is 1. The Morgan fingerprint density at radius 1 is 0.867 bits per heavy atom. The molecule has 0 saturated carbocycles. The standard InChI is InChI=1S/C23H16Cl2N2O3/c1-30-16-10-5-9-15(13-16)26-21-19(14-7-3-2-4-8-14)22(28)27(23(21)29)18-12-6-11-17(24)20(18)25/h2-13,26H,1H3. The molecule has 0 aromatic heterocycles. The molecule has 0 fully saturated rings. The first-order valence-corrected chi connectivity index (χ1v) is 9.80. The molecule has 2 amide bonds. The van der Waals surface area contributed by atoms with Crippen LogP contribution in [0.25, 0.3) is 5.57 Å². The number of imide groups is 1. The Morgan fingerprint density at radius 3 is 2.33 bits per heavy atom. The molecule has 3 aromatic rings. The minimum Gasteiger partial charge on any atom is -0.497 e. The van der Waals surface area contributed by atoms with E-state index in [4.69, 9.17) is 27.9 Å². The summed E-state index contributed by atoms with van der Waals surface area (Å²) in [4.78, 5) is 27.8. The number of methoxy groups -OCH3 is 1. The number of hydrogen-bond acceptors (Lipinski definition) is 4. The maximum atomic E-state index is 13.4. The Morgan fingerprint density at radius 2 is 1.60 bits per heavy atom. The molecule has 0 aliphatic carbocycles. The van der Waals surface area contributed by atoms with Crippen LogP contribution in [0.1, 0.15) is 5.56 Å². The number of rotatable bonds is 5. The zero-order valence-electron chi connectivity index (χ0n) is 15.9. The van der Waals surface area contributed by atoms with Gasteiger partial charge >= 0.3 is 0 Å². The molecule has 0 spiro atoms. The molecule has 150 valence electrons. The van der Waals surface area contributed by atoms with E-state index in [1.807, 2.05) is 6.07 Å². The Labute approximate surface area is 183 Å². The number of halogens is 2. The van der Waals surface area contributed by atoms with Gasteiger partial charge in [-0.1, -0.05) is 65.7 Å². The van der Waals surface area contributed by atoms with Crippen LogP contribution < -0.4 is 15.0 Å². The first-order chi connectivity index (χ1) is 14.5. The summed E-state index contributed by atoms with van der Waals surface area (Å²) in [6.45, 7) is 0. The van der Waals surface area contributed by atoms with Gasteiger partial charge in [0.05, 0.1) is 28.4 Å². The average Bonchev–Trinajstić information content (AvgIpc) is 3.00. The van der Waals surface area contributed by atoms with Crippen LogP contribution in [0.4, 0.5) is 11.4 Å². The van der Waals surface area contributed by atoms with Crippen molar-refractivity contribution < 1.29 is 14.3 Å². The van der Waals surface area contributed by atoms with Crippen LogP contribution in [-0.4, -0.2) is 18.9 Å². The first-order valence-electron chi connectivity index (χ1n) is 9.05. The highest BCUT2D eigenvalue weighted by molar-refractivity contribution is 6.50. The summed E-state index contributed by atoms with van der Waals surface area (Å²) < 4.78 is 5.25. The molecule has 4 rings (SSSR count). The van der Waals surface area contributed by atoms with E-state index in [9.17, 15) is 9.59 Å². The van der Waals surface area contributed by atoms with Gasteiger partial charge < -0.3 is 10.1 Å². The molecule has 3 aromatic carbocycles. The van der Waals surface area contributed by atoms with Gasteiger partial charge in [-0.25, -0.2) is 4.90 Å². The molecule has 0 unspecified atom stereocenters. The molecule has 0 saturated heterocycles. The number of carbonyl (C=O) groups is 2. The Kier molecular flexibility index (Phi) is 5.48. The lowest BCUT2D eigenvalue weighted by Crippen LogP contribution is -2.32. The topological polar surface area (TPSA) is 58.6 Å². The molecule has 7 heteroatoms. The quantitative estimate of drug-likeness (QED) is 0.541. The second-order valence-electron chi connectivity index (χ2n) is 6.49. The van der Waals surface area contributed by atoms with E-state index in [-0.39, 0.29) is 27.0 Å². The van der Waals surface area contributed by atoms with E-state index in [1.54, 1.807) is 73.8 Å². The second kappa shape index (κ2) is 8.22. The lowest BCUT2D eigenvalue weighted by molar-refractivity contribution is -0.120. The highest BCUT2D eigenvalue weighted by Crippen LogP contribution is 2.39. The van der Waals surface area contributed by atoms with Crippen LogP contribution in [0.2, 0.25) is 10.0 Å². The fourth-order valence-electron chi connectivity index (χ4n) is 3.25. The lowest BCUT2D eigenvalue weighted by Gasteiger charge is -2.17. The number of benzene rings is 3. The third-order valence-corrected chi connectivity index (χ3v) is 5.47. The summed E-state index contributed by atoms with van der Waals surface area (Å²) in [6.07, 6.45) is 0. The molecule has 1 aliphatic rings. The minimum absolute atomic E-state index is 0.135. The van der Waals surface area contributed by atoms with E-state index < -0.39 is 11.8 Å². The minimum atomic E-state index is -0.522. The van der Waals surface area contributed by atoms with Crippen LogP contribution in [0.3, 0.4) is 0 Å². The summed E-state index contributed by atoms with van der Waals surface area (Å²) in [7, 11) is 1.56. The molecule has 1 aliphatic heterocycles. The average molecular weight is 439 g/mol. The maximum absolute atomic E-state index is 13.4. The van der Waals surface area contributed by atoms with E-state index in [0.717, 1.165) is 4.90 Å². The third-order valence-electron chi connectivity index (χ3n) is 4.66. The monoisotopic (exact) mass is 438 g/mol. The Hall–Kier alpha value is -3.28. The van der Waals surface area contributed by atoms with Crippen LogP contribution >= 0.6 is 23.2 Å². The smallest absolute Gasteiger partial charge is 0.282 e. The van der Waals surface area contributed by atoms with Crippen molar-refractivity contribution >= 4 is 52.0 Å². The molecule has 0 radical (unpaired) electrons. The van der Waals surface area contributed by atoms with Crippen molar-refractivity contribution in [3.05, 3.63) is 94.1 Å². The van der Waals surface area contributed by atoms with Gasteiger partial charge in [0.25, 0.3) is 11.8 Å². The van der Waals surface area contributed by atoms with Crippen LogP contribution in [0.5, 0.6) is 5.75 Å². The molecule has 5 nitrogen and oxygen atoms in total. The summed E-state index contributed by atoms with van der Waals surface area (Å²) in [6, 6.07) is 20.9. The van der Waals surface area contributed by atoms with Gasteiger partial charge in [-0.3, -0.25) is 9.59 Å². The van der Waals surface area contributed by atoms with Crippen molar-refractivity contribution in [2.24, 2.45) is 0 Å². The number of hydrogen-bond donors (Lipinski definition) is 1. The Bertz CT molecular complexity index is 1180. The fraction of sp³-hybridized carbons (Fsp3) is 0.0435. The van der Waals surface area contributed by atoms with Crippen molar-refractivity contribution in [2.75, 3.05) is 17.3 Å².